The van der Waals surface area contributed by atoms with Crippen molar-refractivity contribution in [2.75, 3.05) is 28.2 Å². The number of carbonyl (C=O) groups is 1. The molecule has 1 aromatic carbocycles. The predicted octanol–water partition coefficient (Wildman–Crippen LogP) is 3.62. The van der Waals surface area contributed by atoms with Crippen LogP contribution in [0.3, 0.4) is 0 Å². The molecule has 0 aliphatic carbocycles. The van der Waals surface area contributed by atoms with Gasteiger partial charge in [-0.25, -0.2) is 4.98 Å². The van der Waals surface area contributed by atoms with Crippen molar-refractivity contribution in [1.82, 2.24) is 4.98 Å². The molecule has 2 aromatic rings. The molecule has 2 rings (SSSR count). The number of ketones is 1. The highest BCUT2D eigenvalue weighted by atomic mass is 35.5. The van der Waals surface area contributed by atoms with Crippen LogP contribution >= 0.6 is 11.6 Å². The zero-order valence-corrected chi connectivity index (χ0v) is 14.3. The van der Waals surface area contributed by atoms with Gasteiger partial charge >= 0.3 is 0 Å². The third-order valence-electron chi connectivity index (χ3n) is 3.60. The van der Waals surface area contributed by atoms with Gasteiger partial charge in [-0.1, -0.05) is 11.6 Å². The first-order chi connectivity index (χ1) is 15.3. The maximum atomic E-state index is 13.7. The van der Waals surface area contributed by atoms with Crippen molar-refractivity contribution in [3.63, 3.8) is 0 Å². The van der Waals surface area contributed by atoms with Gasteiger partial charge in [0, 0.05) is 6.20 Å². The standard InChI is InChI=1S/C18H20ClNO5/c1-9-7-12(22-3)16(23-4)17(24-5)13(9)15(21)14-10(2)11(19)8-20-18(14)25-6/h7-8H,1-6H3/i3D3,4D3,5D3. The molecule has 0 saturated heterocycles. The Kier molecular flexibility index (Phi) is 3.00. The molecule has 0 N–H and O–H groups in total. The van der Waals surface area contributed by atoms with Crippen LogP contribution in [0.1, 0.15) is 39.4 Å². The van der Waals surface area contributed by atoms with Crippen LogP contribution in [0.2, 0.25) is 5.02 Å². The molecule has 25 heavy (non-hydrogen) atoms. The van der Waals surface area contributed by atoms with Crippen molar-refractivity contribution in [2.45, 2.75) is 13.8 Å². The second-order valence-corrected chi connectivity index (χ2v) is 5.38. The second-order valence-electron chi connectivity index (χ2n) is 4.98. The Morgan fingerprint density at radius 2 is 1.76 bits per heavy atom. The predicted molar refractivity (Wildman–Crippen MR) is 94.8 cm³/mol. The Labute approximate surface area is 164 Å². The van der Waals surface area contributed by atoms with Gasteiger partial charge < -0.3 is 18.9 Å². The van der Waals surface area contributed by atoms with Gasteiger partial charge in [0.2, 0.25) is 17.4 Å². The van der Waals surface area contributed by atoms with E-state index >= 15 is 0 Å². The fraction of sp³-hybridized carbons (Fsp3) is 0.333. The summed E-state index contributed by atoms with van der Waals surface area (Å²) in [6.07, 6.45) is 1.25. The van der Waals surface area contributed by atoms with Gasteiger partial charge in [-0.2, -0.15) is 0 Å². The summed E-state index contributed by atoms with van der Waals surface area (Å²) in [7, 11) is -8.21. The minimum atomic E-state index is -3.20. The Bertz CT molecular complexity index is 1100. The fourth-order valence-electron chi connectivity index (χ4n) is 2.39. The number of ether oxygens (including phenoxy) is 4. The number of methoxy groups -OCH3 is 4. The molecule has 7 heteroatoms. The molecule has 6 nitrogen and oxygen atoms in total. The Balaban J connectivity index is 2.96. The number of rotatable bonds is 6. The van der Waals surface area contributed by atoms with Crippen molar-refractivity contribution < 1.29 is 36.1 Å². The van der Waals surface area contributed by atoms with Gasteiger partial charge in [-0.15, -0.1) is 0 Å². The molecule has 0 radical (unpaired) electrons. The number of pyridine rings is 1. The van der Waals surface area contributed by atoms with Crippen molar-refractivity contribution >= 4 is 17.4 Å². The fourth-order valence-corrected chi connectivity index (χ4v) is 2.54. The SMILES string of the molecule is [2H]C([2H])([2H])Oc1cc(C)c(C(=O)c2c(OC)ncc(Cl)c2C)c(OC([2H])([2H])[2H])c1OC([2H])([2H])[2H]. The molecule has 134 valence electrons. The number of hydrogen-bond donors (Lipinski definition) is 0. The second kappa shape index (κ2) is 7.61. The lowest BCUT2D eigenvalue weighted by molar-refractivity contribution is 0.103. The van der Waals surface area contributed by atoms with E-state index in [0.29, 0.717) is 0 Å². The van der Waals surface area contributed by atoms with Crippen LogP contribution in [0.25, 0.3) is 0 Å². The normalized spacial score (nSPS) is 17.2. The molecule has 0 bridgehead atoms. The molecule has 0 spiro atoms. The van der Waals surface area contributed by atoms with Gasteiger partial charge in [0.15, 0.2) is 11.5 Å². The van der Waals surface area contributed by atoms with E-state index in [9.17, 15) is 4.79 Å². The number of carbonyl (C=O) groups excluding carboxylic acids is 1. The molecule has 0 amide bonds. The highest BCUT2D eigenvalue weighted by molar-refractivity contribution is 6.32. The van der Waals surface area contributed by atoms with E-state index in [2.05, 4.69) is 4.98 Å². The minimum Gasteiger partial charge on any atom is -0.493 e. The Hall–Kier alpha value is -2.47. The van der Waals surface area contributed by atoms with E-state index in [0.717, 1.165) is 6.07 Å². The van der Waals surface area contributed by atoms with E-state index in [4.69, 9.17) is 42.9 Å². The summed E-state index contributed by atoms with van der Waals surface area (Å²) in [4.78, 5) is 17.6. The molecule has 0 unspecified atom stereocenters. The third kappa shape index (κ3) is 3.22. The van der Waals surface area contributed by atoms with E-state index in [1.165, 1.54) is 27.2 Å². The molecule has 0 saturated carbocycles. The van der Waals surface area contributed by atoms with E-state index in [1.54, 1.807) is 0 Å². The number of nitrogens with zero attached hydrogens (tertiary/aromatic N) is 1. The van der Waals surface area contributed by atoms with Crippen LogP contribution in [0.5, 0.6) is 23.1 Å². The molecule has 0 atom stereocenters. The van der Waals surface area contributed by atoms with E-state index < -0.39 is 49.7 Å². The first kappa shape index (κ1) is 9.87. The zero-order chi connectivity index (χ0) is 26.2. The molecule has 0 aliphatic heterocycles. The van der Waals surface area contributed by atoms with E-state index in [-0.39, 0.29) is 27.6 Å². The monoisotopic (exact) mass is 374 g/mol. The lowest BCUT2D eigenvalue weighted by Gasteiger charge is -2.19. The quantitative estimate of drug-likeness (QED) is 0.719. The molecule has 1 aromatic heterocycles. The lowest BCUT2D eigenvalue weighted by atomic mass is 9.95. The first-order valence-corrected chi connectivity index (χ1v) is 7.21. The largest absolute Gasteiger partial charge is 0.493 e. The van der Waals surface area contributed by atoms with Crippen LogP contribution in [0.15, 0.2) is 12.3 Å². The summed E-state index contributed by atoms with van der Waals surface area (Å²) in [6.45, 7) is 2.83. The van der Waals surface area contributed by atoms with Crippen molar-refractivity contribution in [3.8, 4) is 23.1 Å². The van der Waals surface area contributed by atoms with Gasteiger partial charge in [0.05, 0.1) is 56.7 Å². The van der Waals surface area contributed by atoms with Crippen LogP contribution in [0.4, 0.5) is 0 Å². The summed E-state index contributed by atoms with van der Waals surface area (Å²) in [5, 5.41) is 0.0985. The van der Waals surface area contributed by atoms with Crippen LogP contribution < -0.4 is 18.9 Å². The summed E-state index contributed by atoms with van der Waals surface area (Å²) >= 11 is 6.10. The lowest BCUT2D eigenvalue weighted by Crippen LogP contribution is -2.12. The molecule has 0 fully saturated rings. The van der Waals surface area contributed by atoms with Crippen LogP contribution in [-0.4, -0.2) is 39.0 Å². The summed E-state index contributed by atoms with van der Waals surface area (Å²) < 4.78 is 86.7. The minimum absolute atomic E-state index is 0.0113. The highest BCUT2D eigenvalue weighted by Crippen LogP contribution is 2.43. The summed E-state index contributed by atoms with van der Waals surface area (Å²) in [6, 6.07) is 1.02. The van der Waals surface area contributed by atoms with Crippen LogP contribution in [-0.2, 0) is 0 Å². The summed E-state index contributed by atoms with van der Waals surface area (Å²) in [5.41, 5.74) is -0.377. The Morgan fingerprint density at radius 3 is 2.40 bits per heavy atom. The number of aryl methyl sites for hydroxylation is 1. The number of hydrogen-bond acceptors (Lipinski definition) is 6. The van der Waals surface area contributed by atoms with Gasteiger partial charge in [-0.3, -0.25) is 4.79 Å². The smallest absolute Gasteiger partial charge is 0.224 e. The molecule has 1 heterocycles. The first-order valence-electron chi connectivity index (χ1n) is 11.3. The maximum Gasteiger partial charge on any atom is 0.224 e. The van der Waals surface area contributed by atoms with Gasteiger partial charge in [0.1, 0.15) is 0 Å². The zero-order valence-electron chi connectivity index (χ0n) is 22.5. The molecule has 0 aliphatic rings. The Morgan fingerprint density at radius 1 is 1.08 bits per heavy atom. The van der Waals surface area contributed by atoms with Crippen molar-refractivity contribution in [1.29, 1.82) is 0 Å². The molecular weight excluding hydrogens is 346 g/mol. The summed E-state index contributed by atoms with van der Waals surface area (Å²) in [5.74, 6) is -3.48. The molecular formula is C18H20ClNO5. The van der Waals surface area contributed by atoms with Gasteiger partial charge in [-0.05, 0) is 31.0 Å². The average Bonchev–Trinajstić information content (AvgIpc) is 2.63. The maximum absolute atomic E-state index is 13.7. The van der Waals surface area contributed by atoms with Crippen molar-refractivity contribution in [3.05, 3.63) is 39.5 Å². The van der Waals surface area contributed by atoms with Crippen molar-refractivity contribution in [2.24, 2.45) is 0 Å². The third-order valence-corrected chi connectivity index (χ3v) is 3.98. The van der Waals surface area contributed by atoms with E-state index in [1.807, 2.05) is 0 Å². The average molecular weight is 375 g/mol. The number of halogens is 1. The van der Waals surface area contributed by atoms with Gasteiger partial charge in [0.25, 0.3) is 0 Å². The number of benzene rings is 1. The highest BCUT2D eigenvalue weighted by Gasteiger charge is 2.28. The topological polar surface area (TPSA) is 66.9 Å². The number of aromatic nitrogens is 1. The van der Waals surface area contributed by atoms with Crippen LogP contribution in [0, 0.1) is 13.8 Å².